The van der Waals surface area contributed by atoms with Crippen LogP contribution in [0.25, 0.3) is 0 Å². The molecule has 104 valence electrons. The number of hydrogen-bond acceptors (Lipinski definition) is 5. The van der Waals surface area contributed by atoms with E-state index in [0.29, 0.717) is 31.3 Å². The van der Waals surface area contributed by atoms with Gasteiger partial charge in [0.05, 0.1) is 6.20 Å². The third-order valence-electron chi connectivity index (χ3n) is 2.99. The number of ether oxygens (including phenoxy) is 2. The Balaban J connectivity index is 2.03. The van der Waals surface area contributed by atoms with Crippen LogP contribution in [0.1, 0.15) is 21.6 Å². The number of carbonyl (C=O) groups is 1. The van der Waals surface area contributed by atoms with Gasteiger partial charge >= 0.3 is 0 Å². The molecule has 1 aliphatic rings. The molecule has 0 saturated heterocycles. The SMILES string of the molecule is Cn1cc(Cc2cc(C(N)=O)nc3c2OCCO3)cn1. The van der Waals surface area contributed by atoms with Crippen LogP contribution in [0.15, 0.2) is 18.5 Å². The Kier molecular flexibility index (Phi) is 3.02. The summed E-state index contributed by atoms with van der Waals surface area (Å²) >= 11 is 0. The van der Waals surface area contributed by atoms with E-state index in [1.807, 2.05) is 13.2 Å². The summed E-state index contributed by atoms with van der Waals surface area (Å²) in [7, 11) is 1.85. The van der Waals surface area contributed by atoms with Gasteiger partial charge in [-0.2, -0.15) is 5.10 Å². The van der Waals surface area contributed by atoms with Crippen molar-refractivity contribution in [1.29, 1.82) is 0 Å². The first kappa shape index (κ1) is 12.5. The fraction of sp³-hybridized carbons (Fsp3) is 0.308. The number of primary amides is 1. The van der Waals surface area contributed by atoms with Crippen molar-refractivity contribution in [3.8, 4) is 11.6 Å². The number of aromatic nitrogens is 3. The smallest absolute Gasteiger partial charge is 0.267 e. The molecule has 0 aromatic carbocycles. The summed E-state index contributed by atoms with van der Waals surface area (Å²) in [6.45, 7) is 0.874. The summed E-state index contributed by atoms with van der Waals surface area (Å²) in [5.74, 6) is 0.311. The molecule has 1 amide bonds. The van der Waals surface area contributed by atoms with Gasteiger partial charge in [-0.15, -0.1) is 0 Å². The van der Waals surface area contributed by atoms with E-state index in [1.54, 1.807) is 16.9 Å². The molecule has 2 aromatic rings. The number of amides is 1. The maximum atomic E-state index is 11.3. The monoisotopic (exact) mass is 274 g/mol. The molecule has 0 bridgehead atoms. The average Bonchev–Trinajstić information content (AvgIpc) is 2.84. The Morgan fingerprint density at radius 1 is 1.45 bits per heavy atom. The summed E-state index contributed by atoms with van der Waals surface area (Å²) in [4.78, 5) is 15.4. The van der Waals surface area contributed by atoms with Gasteiger partial charge in [0.25, 0.3) is 11.8 Å². The Hall–Kier alpha value is -2.57. The number of fused-ring (bicyclic) bond motifs is 1. The first-order valence-electron chi connectivity index (χ1n) is 6.20. The quantitative estimate of drug-likeness (QED) is 0.867. The zero-order chi connectivity index (χ0) is 14.1. The fourth-order valence-electron chi connectivity index (χ4n) is 2.14. The lowest BCUT2D eigenvalue weighted by atomic mass is 10.1. The van der Waals surface area contributed by atoms with Crippen molar-refractivity contribution < 1.29 is 14.3 Å². The zero-order valence-electron chi connectivity index (χ0n) is 11.0. The van der Waals surface area contributed by atoms with E-state index in [9.17, 15) is 4.79 Å². The second kappa shape index (κ2) is 4.84. The second-order valence-electron chi connectivity index (χ2n) is 4.56. The van der Waals surface area contributed by atoms with Gasteiger partial charge in [-0.05, 0) is 11.6 Å². The number of rotatable bonds is 3. The number of pyridine rings is 1. The van der Waals surface area contributed by atoms with Crippen molar-refractivity contribution in [2.75, 3.05) is 13.2 Å². The molecular formula is C13H14N4O3. The number of nitrogens with zero attached hydrogens (tertiary/aromatic N) is 3. The maximum absolute atomic E-state index is 11.3. The Morgan fingerprint density at radius 2 is 2.25 bits per heavy atom. The Morgan fingerprint density at radius 3 is 2.95 bits per heavy atom. The van der Waals surface area contributed by atoms with Crippen molar-refractivity contribution in [2.45, 2.75) is 6.42 Å². The second-order valence-corrected chi connectivity index (χ2v) is 4.56. The highest BCUT2D eigenvalue weighted by Gasteiger charge is 2.21. The summed E-state index contributed by atoms with van der Waals surface area (Å²) < 4.78 is 12.8. The van der Waals surface area contributed by atoms with Crippen LogP contribution in [0, 0.1) is 0 Å². The van der Waals surface area contributed by atoms with Crippen LogP contribution in [-0.2, 0) is 13.5 Å². The van der Waals surface area contributed by atoms with Crippen molar-refractivity contribution in [1.82, 2.24) is 14.8 Å². The Bertz CT molecular complexity index is 666. The van der Waals surface area contributed by atoms with Crippen LogP contribution in [0.2, 0.25) is 0 Å². The largest absolute Gasteiger partial charge is 0.484 e. The third-order valence-corrected chi connectivity index (χ3v) is 2.99. The van der Waals surface area contributed by atoms with Gasteiger partial charge in [0, 0.05) is 25.2 Å². The van der Waals surface area contributed by atoms with E-state index in [1.165, 1.54) is 0 Å². The van der Waals surface area contributed by atoms with E-state index in [4.69, 9.17) is 15.2 Å². The maximum Gasteiger partial charge on any atom is 0.267 e. The first-order chi connectivity index (χ1) is 9.63. The molecule has 2 N–H and O–H groups in total. The van der Waals surface area contributed by atoms with Gasteiger partial charge in [-0.3, -0.25) is 9.48 Å². The highest BCUT2D eigenvalue weighted by atomic mass is 16.6. The van der Waals surface area contributed by atoms with Crippen LogP contribution in [0.3, 0.4) is 0 Å². The lowest BCUT2D eigenvalue weighted by Gasteiger charge is -2.20. The number of carbonyl (C=O) groups excluding carboxylic acids is 1. The Labute approximate surface area is 115 Å². The fourth-order valence-corrected chi connectivity index (χ4v) is 2.14. The summed E-state index contributed by atoms with van der Waals surface area (Å²) in [5.41, 5.74) is 7.29. The van der Waals surface area contributed by atoms with E-state index in [-0.39, 0.29) is 5.69 Å². The zero-order valence-corrected chi connectivity index (χ0v) is 11.0. The highest BCUT2D eigenvalue weighted by Crippen LogP contribution is 2.33. The van der Waals surface area contributed by atoms with Gasteiger partial charge in [0.2, 0.25) is 0 Å². The van der Waals surface area contributed by atoms with Crippen molar-refractivity contribution >= 4 is 5.91 Å². The van der Waals surface area contributed by atoms with Crippen molar-refractivity contribution in [3.63, 3.8) is 0 Å². The van der Waals surface area contributed by atoms with Gasteiger partial charge < -0.3 is 15.2 Å². The lowest BCUT2D eigenvalue weighted by Crippen LogP contribution is -2.21. The standard InChI is InChI=1S/C13H14N4O3/c1-17-7-8(6-15-17)4-9-5-10(12(14)18)16-13-11(9)19-2-3-20-13/h5-7H,2-4H2,1H3,(H2,14,18). The van der Waals surface area contributed by atoms with Crippen molar-refractivity contribution in [2.24, 2.45) is 12.8 Å². The van der Waals surface area contributed by atoms with E-state index >= 15 is 0 Å². The van der Waals surface area contributed by atoms with Crippen molar-refractivity contribution in [3.05, 3.63) is 35.3 Å². The van der Waals surface area contributed by atoms with Gasteiger partial charge in [0.15, 0.2) is 5.75 Å². The molecule has 0 spiro atoms. The first-order valence-corrected chi connectivity index (χ1v) is 6.20. The van der Waals surface area contributed by atoms with Gasteiger partial charge in [-0.25, -0.2) is 4.98 Å². The predicted molar refractivity (Wildman–Crippen MR) is 69.8 cm³/mol. The average molecular weight is 274 g/mol. The molecule has 0 radical (unpaired) electrons. The molecule has 0 saturated carbocycles. The van der Waals surface area contributed by atoms with E-state index < -0.39 is 5.91 Å². The number of aryl methyl sites for hydroxylation is 1. The topological polar surface area (TPSA) is 92.3 Å². The van der Waals surface area contributed by atoms with Gasteiger partial charge in [0.1, 0.15) is 18.9 Å². The van der Waals surface area contributed by atoms with Crippen LogP contribution in [0.5, 0.6) is 11.6 Å². The number of nitrogens with two attached hydrogens (primary N) is 1. The highest BCUT2D eigenvalue weighted by molar-refractivity contribution is 5.91. The minimum absolute atomic E-state index is 0.174. The molecule has 1 aliphatic heterocycles. The molecule has 0 unspecified atom stereocenters. The van der Waals surface area contributed by atoms with Crippen LogP contribution >= 0.6 is 0 Å². The molecule has 20 heavy (non-hydrogen) atoms. The van der Waals surface area contributed by atoms with Crippen LogP contribution in [0.4, 0.5) is 0 Å². The molecule has 0 atom stereocenters. The summed E-state index contributed by atoms with van der Waals surface area (Å²) in [6, 6.07) is 1.64. The minimum Gasteiger partial charge on any atom is -0.484 e. The molecule has 0 aliphatic carbocycles. The molecule has 3 rings (SSSR count). The lowest BCUT2D eigenvalue weighted by molar-refractivity contribution is 0.0992. The third kappa shape index (κ3) is 2.29. The number of hydrogen-bond donors (Lipinski definition) is 1. The molecule has 2 aromatic heterocycles. The van der Waals surface area contributed by atoms with Crippen LogP contribution < -0.4 is 15.2 Å². The molecule has 0 fully saturated rings. The summed E-state index contributed by atoms with van der Waals surface area (Å²) in [6.07, 6.45) is 4.24. The minimum atomic E-state index is -0.589. The van der Waals surface area contributed by atoms with E-state index in [2.05, 4.69) is 10.1 Å². The molecule has 3 heterocycles. The predicted octanol–water partition coefficient (Wildman–Crippen LogP) is 0.276. The van der Waals surface area contributed by atoms with E-state index in [0.717, 1.165) is 11.1 Å². The van der Waals surface area contributed by atoms with Gasteiger partial charge in [-0.1, -0.05) is 0 Å². The normalized spacial score (nSPS) is 13.2. The summed E-state index contributed by atoms with van der Waals surface area (Å²) in [5, 5.41) is 4.12. The molecule has 7 nitrogen and oxygen atoms in total. The molecule has 7 heteroatoms. The van der Waals surface area contributed by atoms with Crippen LogP contribution in [-0.4, -0.2) is 33.9 Å². The molecular weight excluding hydrogens is 260 g/mol.